The summed E-state index contributed by atoms with van der Waals surface area (Å²) in [6, 6.07) is 5.86. The molecule has 0 saturated carbocycles. The second-order valence-corrected chi connectivity index (χ2v) is 8.70. The number of carbonyl (C=O) groups excluding carboxylic acids is 1. The van der Waals surface area contributed by atoms with Crippen LogP contribution in [0.5, 0.6) is 0 Å². The van der Waals surface area contributed by atoms with Gasteiger partial charge in [0.05, 0.1) is 18.5 Å². The molecule has 2 saturated heterocycles. The molecule has 0 radical (unpaired) electrons. The molecular formula is C22H23N9O2. The number of nitrogen functional groups attached to an aromatic ring is 1. The number of amides is 1. The summed E-state index contributed by atoms with van der Waals surface area (Å²) in [5, 5.41) is 20.2. The number of H-pyrrole nitrogens is 1. The van der Waals surface area contributed by atoms with Crippen LogP contribution < -0.4 is 5.73 Å². The highest BCUT2D eigenvalue weighted by Crippen LogP contribution is 2.43. The molecule has 4 aromatic rings. The number of nitrogens with two attached hydrogens (primary N) is 1. The second kappa shape index (κ2) is 7.62. The summed E-state index contributed by atoms with van der Waals surface area (Å²) in [7, 11) is 0. The Labute approximate surface area is 188 Å². The van der Waals surface area contributed by atoms with Crippen molar-refractivity contribution in [3.63, 3.8) is 0 Å². The molecule has 168 valence electrons. The quantitative estimate of drug-likeness (QED) is 0.428. The van der Waals surface area contributed by atoms with Gasteiger partial charge in [0.1, 0.15) is 12.1 Å². The van der Waals surface area contributed by atoms with Crippen LogP contribution in [0, 0.1) is 0 Å². The average Bonchev–Trinajstić information content (AvgIpc) is 3.57. The molecule has 11 nitrogen and oxygen atoms in total. The Bertz CT molecular complexity index is 1300. The second-order valence-electron chi connectivity index (χ2n) is 8.70. The first-order valence-electron chi connectivity index (χ1n) is 11.0. The molecule has 3 atom stereocenters. The van der Waals surface area contributed by atoms with Crippen LogP contribution in [0.2, 0.25) is 0 Å². The molecule has 4 aromatic heterocycles. The van der Waals surface area contributed by atoms with E-state index < -0.39 is 0 Å². The normalized spacial score (nSPS) is 22.2. The van der Waals surface area contributed by atoms with E-state index in [4.69, 9.17) is 10.7 Å². The number of hydrogen-bond donors (Lipinski definition) is 3. The molecule has 2 aliphatic heterocycles. The summed E-state index contributed by atoms with van der Waals surface area (Å²) in [6.07, 6.45) is 8.41. The summed E-state index contributed by atoms with van der Waals surface area (Å²) in [5.74, 6) is 0.928. The van der Waals surface area contributed by atoms with Crippen molar-refractivity contribution in [2.75, 3.05) is 5.73 Å². The Morgan fingerprint density at radius 1 is 1.18 bits per heavy atom. The minimum absolute atomic E-state index is 0.0849. The molecule has 33 heavy (non-hydrogen) atoms. The van der Waals surface area contributed by atoms with E-state index in [1.165, 1.54) is 6.33 Å². The number of aliphatic hydroxyl groups excluding tert-OH is 1. The summed E-state index contributed by atoms with van der Waals surface area (Å²) in [6.45, 7) is -0.107. The third kappa shape index (κ3) is 3.23. The molecule has 0 aromatic carbocycles. The van der Waals surface area contributed by atoms with Gasteiger partial charge in [-0.25, -0.2) is 9.97 Å². The van der Waals surface area contributed by atoms with Crippen molar-refractivity contribution in [1.82, 2.24) is 39.7 Å². The molecule has 6 heterocycles. The van der Waals surface area contributed by atoms with Gasteiger partial charge in [0.25, 0.3) is 5.91 Å². The standard InChI is InChI=1S/C22H23N9O2/c23-19-7-18(28-21-17(9-27-31(19)21)12-1-2-14(10-32)24-8-12)13-5-15-3-4-16(6-13)30(15)22(33)20-25-11-26-29-20/h1-2,7-9,11,13,15-16,32H,3-6,10,23H2,(H,25,26,29)/t13-,15-,16+. The molecule has 0 spiro atoms. The number of fused-ring (bicyclic) bond motifs is 3. The zero-order chi connectivity index (χ0) is 22.5. The number of carbonyl (C=O) groups is 1. The van der Waals surface area contributed by atoms with Crippen LogP contribution in [0.3, 0.4) is 0 Å². The van der Waals surface area contributed by atoms with Gasteiger partial charge in [0.2, 0.25) is 5.82 Å². The molecule has 2 bridgehead atoms. The zero-order valence-corrected chi connectivity index (χ0v) is 17.8. The fraction of sp³-hybridized carbons (Fsp3) is 0.364. The largest absolute Gasteiger partial charge is 0.390 e. The van der Waals surface area contributed by atoms with Crippen molar-refractivity contribution in [3.05, 3.63) is 54.1 Å². The first-order valence-corrected chi connectivity index (χ1v) is 11.0. The van der Waals surface area contributed by atoms with Crippen molar-refractivity contribution in [1.29, 1.82) is 0 Å². The van der Waals surface area contributed by atoms with Gasteiger partial charge in [0, 0.05) is 47.1 Å². The maximum atomic E-state index is 12.9. The summed E-state index contributed by atoms with van der Waals surface area (Å²) in [5.41, 5.74) is 10.2. The first-order chi connectivity index (χ1) is 16.1. The number of piperidine rings is 1. The number of aromatic amines is 1. The van der Waals surface area contributed by atoms with E-state index in [0.717, 1.165) is 42.5 Å². The number of hydrogen-bond acceptors (Lipinski definition) is 8. The van der Waals surface area contributed by atoms with Gasteiger partial charge >= 0.3 is 0 Å². The van der Waals surface area contributed by atoms with Crippen LogP contribution >= 0.6 is 0 Å². The van der Waals surface area contributed by atoms with Crippen molar-refractivity contribution < 1.29 is 9.90 Å². The van der Waals surface area contributed by atoms with Gasteiger partial charge in [-0.1, -0.05) is 6.07 Å². The molecule has 11 heteroatoms. The molecule has 1 amide bonds. The fourth-order valence-electron chi connectivity index (χ4n) is 5.28. The highest BCUT2D eigenvalue weighted by atomic mass is 16.3. The number of nitrogens with zero attached hydrogens (tertiary/aromatic N) is 7. The molecule has 2 fully saturated rings. The first kappa shape index (κ1) is 19.8. The maximum absolute atomic E-state index is 12.9. The monoisotopic (exact) mass is 445 g/mol. The van der Waals surface area contributed by atoms with Gasteiger partial charge in [0.15, 0.2) is 5.65 Å². The number of nitrogens with one attached hydrogen (secondary N) is 1. The minimum Gasteiger partial charge on any atom is -0.390 e. The minimum atomic E-state index is -0.107. The highest BCUT2D eigenvalue weighted by Gasteiger charge is 2.45. The van der Waals surface area contributed by atoms with Crippen LogP contribution in [-0.4, -0.2) is 62.8 Å². The van der Waals surface area contributed by atoms with E-state index in [1.807, 2.05) is 17.0 Å². The van der Waals surface area contributed by atoms with Crippen molar-refractivity contribution in [2.24, 2.45) is 0 Å². The highest BCUT2D eigenvalue weighted by molar-refractivity contribution is 5.91. The SMILES string of the molecule is Nc1cc([C@@H]2C[C@H]3CC[C@@H](C2)N3C(=O)c2ncn[nH]2)nc2c(-c3ccc(CO)nc3)cnn12. The predicted molar refractivity (Wildman–Crippen MR) is 118 cm³/mol. The topological polar surface area (TPSA) is 151 Å². The third-order valence-electron chi connectivity index (χ3n) is 6.82. The van der Waals surface area contributed by atoms with Crippen molar-refractivity contribution in [2.45, 2.75) is 50.3 Å². The number of aromatic nitrogens is 7. The van der Waals surface area contributed by atoms with E-state index in [-0.39, 0.29) is 30.5 Å². The maximum Gasteiger partial charge on any atom is 0.291 e. The molecule has 2 aliphatic rings. The molecule has 6 rings (SSSR count). The van der Waals surface area contributed by atoms with Crippen LogP contribution in [0.25, 0.3) is 16.8 Å². The van der Waals surface area contributed by atoms with E-state index in [2.05, 4.69) is 25.3 Å². The molecule has 0 unspecified atom stereocenters. The number of anilines is 1. The molecular weight excluding hydrogens is 422 g/mol. The Morgan fingerprint density at radius 3 is 2.67 bits per heavy atom. The Morgan fingerprint density at radius 2 is 2.00 bits per heavy atom. The van der Waals surface area contributed by atoms with Gasteiger partial charge in [-0.05, 0) is 31.7 Å². The predicted octanol–water partition coefficient (Wildman–Crippen LogP) is 1.53. The van der Waals surface area contributed by atoms with Crippen LogP contribution in [0.4, 0.5) is 5.82 Å². The molecule has 0 aliphatic carbocycles. The van der Waals surface area contributed by atoms with Crippen molar-refractivity contribution >= 4 is 17.4 Å². The smallest absolute Gasteiger partial charge is 0.291 e. The van der Waals surface area contributed by atoms with Crippen molar-refractivity contribution in [3.8, 4) is 11.1 Å². The zero-order valence-electron chi connectivity index (χ0n) is 17.8. The average molecular weight is 445 g/mol. The Balaban J connectivity index is 1.32. The van der Waals surface area contributed by atoms with Gasteiger partial charge in [-0.3, -0.25) is 14.9 Å². The summed E-state index contributed by atoms with van der Waals surface area (Å²) < 4.78 is 1.63. The van der Waals surface area contributed by atoms with E-state index in [0.29, 0.717) is 23.0 Å². The lowest BCUT2D eigenvalue weighted by molar-refractivity contribution is 0.0557. The Kier molecular flexibility index (Phi) is 4.57. The lowest BCUT2D eigenvalue weighted by atomic mass is 9.87. The lowest BCUT2D eigenvalue weighted by Gasteiger charge is -2.38. The number of pyridine rings is 1. The van der Waals surface area contributed by atoms with E-state index in [9.17, 15) is 9.90 Å². The van der Waals surface area contributed by atoms with Crippen LogP contribution in [0.1, 0.15) is 53.6 Å². The van der Waals surface area contributed by atoms with E-state index >= 15 is 0 Å². The lowest BCUT2D eigenvalue weighted by Crippen LogP contribution is -2.46. The summed E-state index contributed by atoms with van der Waals surface area (Å²) in [4.78, 5) is 28.2. The number of aliphatic hydroxyl groups is 1. The number of rotatable bonds is 4. The van der Waals surface area contributed by atoms with Gasteiger partial charge in [-0.2, -0.15) is 14.7 Å². The molecule has 4 N–H and O–H groups in total. The van der Waals surface area contributed by atoms with Gasteiger partial charge < -0.3 is 15.7 Å². The summed E-state index contributed by atoms with van der Waals surface area (Å²) >= 11 is 0. The van der Waals surface area contributed by atoms with Crippen LogP contribution in [0.15, 0.2) is 36.9 Å². The Hall–Kier alpha value is -3.86. The fourth-order valence-corrected chi connectivity index (χ4v) is 5.28. The van der Waals surface area contributed by atoms with E-state index in [1.54, 1.807) is 23.0 Å². The van der Waals surface area contributed by atoms with Gasteiger partial charge in [-0.15, -0.1) is 0 Å². The van der Waals surface area contributed by atoms with Crippen LogP contribution in [-0.2, 0) is 6.61 Å². The third-order valence-corrected chi connectivity index (χ3v) is 6.82.